The zero-order valence-electron chi connectivity index (χ0n) is 10.8. The summed E-state index contributed by atoms with van der Waals surface area (Å²) in [7, 11) is 0. The molecule has 1 aromatic carbocycles. The smallest absolute Gasteiger partial charge is 0.316 e. The normalized spacial score (nSPS) is 18.1. The average Bonchev–Trinajstić information content (AvgIpc) is 2.40. The summed E-state index contributed by atoms with van der Waals surface area (Å²) in [6, 6.07) is 4.49. The summed E-state index contributed by atoms with van der Waals surface area (Å²) in [5, 5.41) is 3.46. The molecule has 0 aliphatic carbocycles. The van der Waals surface area contributed by atoms with E-state index in [-0.39, 0.29) is 23.2 Å². The first-order valence-electron chi connectivity index (χ1n) is 6.44. The quantitative estimate of drug-likeness (QED) is 0.868. The molecule has 0 bridgehead atoms. The molecule has 0 radical (unpaired) electrons. The zero-order chi connectivity index (χ0) is 13.9. The SMILES string of the molecule is CCOC(=O)C1(c2c(F)cccc2Cl)CCNCC1. The standard InChI is InChI=1S/C14H17ClFNO2/c1-2-19-13(18)14(6-8-17-9-7-14)12-10(15)4-3-5-11(12)16/h3-5,17H,2,6-9H2,1H3. The molecule has 0 saturated carbocycles. The lowest BCUT2D eigenvalue weighted by atomic mass is 9.73. The highest BCUT2D eigenvalue weighted by Crippen LogP contribution is 2.40. The van der Waals surface area contributed by atoms with E-state index in [9.17, 15) is 9.18 Å². The summed E-state index contributed by atoms with van der Waals surface area (Å²) < 4.78 is 19.3. The highest BCUT2D eigenvalue weighted by Gasteiger charge is 2.45. The van der Waals surface area contributed by atoms with E-state index < -0.39 is 11.2 Å². The van der Waals surface area contributed by atoms with Gasteiger partial charge >= 0.3 is 5.97 Å². The molecule has 0 spiro atoms. The van der Waals surface area contributed by atoms with Crippen molar-refractivity contribution in [3.05, 3.63) is 34.6 Å². The third-order valence-corrected chi connectivity index (χ3v) is 3.88. The molecule has 1 saturated heterocycles. The number of carbonyl (C=O) groups excluding carboxylic acids is 1. The second-order valence-corrected chi connectivity index (χ2v) is 5.06. The van der Waals surface area contributed by atoms with E-state index in [4.69, 9.17) is 16.3 Å². The zero-order valence-corrected chi connectivity index (χ0v) is 11.6. The number of piperidine rings is 1. The van der Waals surface area contributed by atoms with Gasteiger partial charge in [0.15, 0.2) is 0 Å². The van der Waals surface area contributed by atoms with Crippen molar-refractivity contribution in [1.82, 2.24) is 5.32 Å². The van der Waals surface area contributed by atoms with E-state index in [1.807, 2.05) is 0 Å². The van der Waals surface area contributed by atoms with Gasteiger partial charge in [0.05, 0.1) is 12.0 Å². The number of nitrogens with one attached hydrogen (secondary N) is 1. The van der Waals surface area contributed by atoms with Crippen molar-refractivity contribution in [2.75, 3.05) is 19.7 Å². The van der Waals surface area contributed by atoms with Crippen molar-refractivity contribution in [2.24, 2.45) is 0 Å². The van der Waals surface area contributed by atoms with E-state index in [2.05, 4.69) is 5.32 Å². The van der Waals surface area contributed by atoms with Crippen molar-refractivity contribution < 1.29 is 13.9 Å². The first-order chi connectivity index (χ1) is 9.12. The van der Waals surface area contributed by atoms with E-state index in [0.717, 1.165) is 0 Å². The Bertz CT molecular complexity index is 452. The molecule has 1 N–H and O–H groups in total. The van der Waals surface area contributed by atoms with Crippen LogP contribution in [0.5, 0.6) is 0 Å². The number of hydrogen-bond donors (Lipinski definition) is 1. The van der Waals surface area contributed by atoms with Crippen LogP contribution in [-0.2, 0) is 14.9 Å². The van der Waals surface area contributed by atoms with Gasteiger partial charge < -0.3 is 10.1 Å². The molecule has 1 fully saturated rings. The monoisotopic (exact) mass is 285 g/mol. The Hall–Kier alpha value is -1.13. The van der Waals surface area contributed by atoms with Gasteiger partial charge in [0.25, 0.3) is 0 Å². The fourth-order valence-electron chi connectivity index (χ4n) is 2.63. The van der Waals surface area contributed by atoms with Gasteiger partial charge in [0, 0.05) is 10.6 Å². The van der Waals surface area contributed by atoms with E-state index >= 15 is 0 Å². The van der Waals surface area contributed by atoms with Crippen molar-refractivity contribution in [3.8, 4) is 0 Å². The summed E-state index contributed by atoms with van der Waals surface area (Å²) in [5.74, 6) is -0.828. The molecule has 1 heterocycles. The maximum absolute atomic E-state index is 14.2. The van der Waals surface area contributed by atoms with Crippen molar-refractivity contribution in [1.29, 1.82) is 0 Å². The van der Waals surface area contributed by atoms with Crippen molar-refractivity contribution >= 4 is 17.6 Å². The third-order valence-electron chi connectivity index (χ3n) is 3.56. The Labute approximate surface area is 117 Å². The lowest BCUT2D eigenvalue weighted by Crippen LogP contribution is -2.47. The van der Waals surface area contributed by atoms with Gasteiger partial charge in [-0.15, -0.1) is 0 Å². The Morgan fingerprint density at radius 2 is 2.16 bits per heavy atom. The summed E-state index contributed by atoms with van der Waals surface area (Å²) >= 11 is 6.13. The average molecular weight is 286 g/mol. The molecular formula is C14H17ClFNO2. The minimum atomic E-state index is -0.969. The molecular weight excluding hydrogens is 269 g/mol. The van der Waals surface area contributed by atoms with Gasteiger partial charge in [0.2, 0.25) is 0 Å². The largest absolute Gasteiger partial charge is 0.465 e. The first kappa shape index (κ1) is 14.3. The summed E-state index contributed by atoms with van der Waals surface area (Å²) in [5.41, 5.74) is -0.694. The van der Waals surface area contributed by atoms with Gasteiger partial charge in [-0.1, -0.05) is 17.7 Å². The number of benzene rings is 1. The molecule has 1 aromatic rings. The van der Waals surface area contributed by atoms with Gasteiger partial charge in [-0.3, -0.25) is 4.79 Å². The molecule has 5 heteroatoms. The van der Waals surface area contributed by atoms with Crippen LogP contribution in [-0.4, -0.2) is 25.7 Å². The van der Waals surface area contributed by atoms with Crippen LogP contribution in [0.2, 0.25) is 5.02 Å². The highest BCUT2D eigenvalue weighted by molar-refractivity contribution is 6.31. The summed E-state index contributed by atoms with van der Waals surface area (Å²) in [6.45, 7) is 3.31. The van der Waals surface area contributed by atoms with Gasteiger partial charge in [-0.05, 0) is 45.0 Å². The van der Waals surface area contributed by atoms with Crippen molar-refractivity contribution in [2.45, 2.75) is 25.2 Å². The Morgan fingerprint density at radius 3 is 2.74 bits per heavy atom. The number of carbonyl (C=O) groups is 1. The molecule has 0 aromatic heterocycles. The van der Waals surface area contributed by atoms with Crippen LogP contribution in [0, 0.1) is 5.82 Å². The number of rotatable bonds is 3. The predicted octanol–water partition coefficient (Wildman–Crippen LogP) is 2.66. The van der Waals surface area contributed by atoms with Crippen LogP contribution >= 0.6 is 11.6 Å². The fraction of sp³-hybridized carbons (Fsp3) is 0.500. The van der Waals surface area contributed by atoms with E-state index in [0.29, 0.717) is 25.9 Å². The van der Waals surface area contributed by atoms with Crippen molar-refractivity contribution in [3.63, 3.8) is 0 Å². The van der Waals surface area contributed by atoms with Gasteiger partial charge in [0.1, 0.15) is 5.82 Å². The number of ether oxygens (including phenoxy) is 1. The Morgan fingerprint density at radius 1 is 1.47 bits per heavy atom. The molecule has 0 unspecified atom stereocenters. The molecule has 19 heavy (non-hydrogen) atoms. The Balaban J connectivity index is 2.51. The lowest BCUT2D eigenvalue weighted by Gasteiger charge is -2.36. The van der Waals surface area contributed by atoms with Crippen LogP contribution in [0.4, 0.5) is 4.39 Å². The van der Waals surface area contributed by atoms with Crippen LogP contribution in [0.3, 0.4) is 0 Å². The summed E-state index contributed by atoms with van der Waals surface area (Å²) in [6.07, 6.45) is 0.985. The Kier molecular flexibility index (Phi) is 4.42. The third kappa shape index (κ3) is 2.60. The molecule has 3 nitrogen and oxygen atoms in total. The van der Waals surface area contributed by atoms with Crippen LogP contribution in [0.25, 0.3) is 0 Å². The molecule has 0 atom stereocenters. The number of hydrogen-bond acceptors (Lipinski definition) is 3. The molecule has 1 aliphatic heterocycles. The minimum absolute atomic E-state index is 0.275. The summed E-state index contributed by atoms with van der Waals surface area (Å²) in [4.78, 5) is 12.3. The maximum Gasteiger partial charge on any atom is 0.316 e. The van der Waals surface area contributed by atoms with Crippen LogP contribution < -0.4 is 5.32 Å². The molecule has 2 rings (SSSR count). The molecule has 0 amide bonds. The minimum Gasteiger partial charge on any atom is -0.465 e. The number of halogens is 2. The molecule has 1 aliphatic rings. The lowest BCUT2D eigenvalue weighted by molar-refractivity contribution is -0.151. The van der Waals surface area contributed by atoms with Crippen LogP contribution in [0.1, 0.15) is 25.3 Å². The second-order valence-electron chi connectivity index (χ2n) is 4.65. The maximum atomic E-state index is 14.2. The second kappa shape index (κ2) is 5.88. The molecule has 104 valence electrons. The van der Waals surface area contributed by atoms with Gasteiger partial charge in [-0.2, -0.15) is 0 Å². The highest BCUT2D eigenvalue weighted by atomic mass is 35.5. The topological polar surface area (TPSA) is 38.3 Å². The predicted molar refractivity (Wildman–Crippen MR) is 71.8 cm³/mol. The van der Waals surface area contributed by atoms with E-state index in [1.54, 1.807) is 19.1 Å². The fourth-order valence-corrected chi connectivity index (χ4v) is 2.98. The van der Waals surface area contributed by atoms with Crippen LogP contribution in [0.15, 0.2) is 18.2 Å². The first-order valence-corrected chi connectivity index (χ1v) is 6.82. The van der Waals surface area contributed by atoms with E-state index in [1.165, 1.54) is 6.07 Å². The van der Waals surface area contributed by atoms with Gasteiger partial charge in [-0.25, -0.2) is 4.39 Å². The number of esters is 1.